The van der Waals surface area contributed by atoms with Gasteiger partial charge in [-0.1, -0.05) is 28.1 Å². The van der Waals surface area contributed by atoms with Crippen LogP contribution in [0.15, 0.2) is 36.5 Å². The molecule has 0 aliphatic heterocycles. The maximum atomic E-state index is 13.1. The molecule has 0 saturated heterocycles. The largest absolute Gasteiger partial charge is 0.383 e. The molecule has 0 unspecified atom stereocenters. The Morgan fingerprint density at radius 2 is 2.12 bits per heavy atom. The monoisotopic (exact) mass is 280 g/mol. The van der Waals surface area contributed by atoms with E-state index in [0.29, 0.717) is 11.1 Å². The van der Waals surface area contributed by atoms with Gasteiger partial charge in [0.1, 0.15) is 11.6 Å². The van der Waals surface area contributed by atoms with E-state index in [4.69, 9.17) is 5.73 Å². The van der Waals surface area contributed by atoms with E-state index < -0.39 is 0 Å². The molecule has 0 fully saturated rings. The summed E-state index contributed by atoms with van der Waals surface area (Å²) >= 11 is 3.35. The second-order valence-electron chi connectivity index (χ2n) is 3.42. The number of nitrogens with two attached hydrogens (primary N) is 1. The van der Waals surface area contributed by atoms with Crippen LogP contribution >= 0.6 is 15.9 Å². The molecule has 0 spiro atoms. The van der Waals surface area contributed by atoms with Crippen molar-refractivity contribution in [2.45, 2.75) is 5.33 Å². The molecular formula is C12H10BrFN2. The lowest BCUT2D eigenvalue weighted by atomic mass is 10.1. The molecule has 82 valence electrons. The van der Waals surface area contributed by atoms with Crippen LogP contribution in [0.2, 0.25) is 0 Å². The van der Waals surface area contributed by atoms with E-state index in [9.17, 15) is 4.39 Å². The van der Waals surface area contributed by atoms with Gasteiger partial charge < -0.3 is 5.73 Å². The number of aromatic nitrogens is 1. The van der Waals surface area contributed by atoms with E-state index in [1.54, 1.807) is 12.3 Å². The summed E-state index contributed by atoms with van der Waals surface area (Å²) in [5, 5.41) is 0.697. The first-order chi connectivity index (χ1) is 7.70. The minimum absolute atomic E-state index is 0.277. The van der Waals surface area contributed by atoms with Crippen LogP contribution in [0.25, 0.3) is 11.1 Å². The van der Waals surface area contributed by atoms with Gasteiger partial charge in [0.2, 0.25) is 0 Å². The van der Waals surface area contributed by atoms with E-state index in [1.165, 1.54) is 12.1 Å². The quantitative estimate of drug-likeness (QED) is 0.857. The highest BCUT2D eigenvalue weighted by atomic mass is 79.9. The van der Waals surface area contributed by atoms with E-state index in [1.807, 2.05) is 12.1 Å². The Kier molecular flexibility index (Phi) is 3.19. The predicted octanol–water partition coefficient (Wildman–Crippen LogP) is 3.36. The van der Waals surface area contributed by atoms with E-state index in [0.717, 1.165) is 16.7 Å². The van der Waals surface area contributed by atoms with Gasteiger partial charge in [-0.15, -0.1) is 0 Å². The fraction of sp³-hybridized carbons (Fsp3) is 0.0833. The second kappa shape index (κ2) is 4.61. The molecule has 4 heteroatoms. The van der Waals surface area contributed by atoms with Crippen LogP contribution in [-0.2, 0) is 5.33 Å². The van der Waals surface area contributed by atoms with Gasteiger partial charge in [-0.3, -0.25) is 0 Å². The Bertz CT molecular complexity index is 514. The molecule has 2 N–H and O–H groups in total. The van der Waals surface area contributed by atoms with Crippen molar-refractivity contribution in [2.24, 2.45) is 0 Å². The van der Waals surface area contributed by atoms with Gasteiger partial charge in [0.05, 0.1) is 0 Å². The van der Waals surface area contributed by atoms with E-state index in [-0.39, 0.29) is 5.82 Å². The van der Waals surface area contributed by atoms with Crippen LogP contribution in [0.4, 0.5) is 10.2 Å². The summed E-state index contributed by atoms with van der Waals surface area (Å²) < 4.78 is 13.1. The molecule has 0 saturated carbocycles. The lowest BCUT2D eigenvalue weighted by Crippen LogP contribution is -1.95. The number of halogens is 2. The Balaban J connectivity index is 2.54. The highest BCUT2D eigenvalue weighted by Crippen LogP contribution is 2.26. The van der Waals surface area contributed by atoms with Crippen LogP contribution in [0, 0.1) is 5.82 Å². The lowest BCUT2D eigenvalue weighted by molar-refractivity contribution is 0.628. The number of hydrogen-bond acceptors (Lipinski definition) is 2. The number of alkyl halides is 1. The molecule has 0 atom stereocenters. The van der Waals surface area contributed by atoms with Crippen LogP contribution < -0.4 is 5.73 Å². The topological polar surface area (TPSA) is 38.9 Å². The minimum atomic E-state index is -0.277. The normalized spacial score (nSPS) is 10.4. The number of nitrogens with zero attached hydrogens (tertiary/aromatic N) is 1. The molecule has 1 aromatic heterocycles. The van der Waals surface area contributed by atoms with Gasteiger partial charge >= 0.3 is 0 Å². The summed E-state index contributed by atoms with van der Waals surface area (Å²) in [6.07, 6.45) is 1.70. The fourth-order valence-electron chi connectivity index (χ4n) is 1.48. The number of nitrogen functional groups attached to an aromatic ring is 1. The molecular weight excluding hydrogens is 271 g/mol. The van der Waals surface area contributed by atoms with E-state index >= 15 is 0 Å². The van der Waals surface area contributed by atoms with Gasteiger partial charge in [-0.2, -0.15) is 0 Å². The van der Waals surface area contributed by atoms with Crippen LogP contribution in [-0.4, -0.2) is 4.98 Å². The van der Waals surface area contributed by atoms with Crippen LogP contribution in [0.3, 0.4) is 0 Å². The summed E-state index contributed by atoms with van der Waals surface area (Å²) in [6.45, 7) is 0. The Hall–Kier alpha value is -1.42. The molecule has 1 aromatic carbocycles. The lowest BCUT2D eigenvalue weighted by Gasteiger charge is -2.06. The summed E-state index contributed by atoms with van der Waals surface area (Å²) in [5.74, 6) is 0.136. The average Bonchev–Trinajstić information content (AvgIpc) is 2.30. The molecule has 0 aliphatic rings. The standard InChI is InChI=1S/C12H10BrFN2/c13-6-8-4-11(12(15)16-7-8)9-2-1-3-10(14)5-9/h1-5,7H,6H2,(H2,15,16). The van der Waals surface area contributed by atoms with Crippen molar-refractivity contribution >= 4 is 21.7 Å². The van der Waals surface area contributed by atoms with Crippen LogP contribution in [0.1, 0.15) is 5.56 Å². The van der Waals surface area contributed by atoms with Gasteiger partial charge in [-0.25, -0.2) is 9.37 Å². The average molecular weight is 281 g/mol. The summed E-state index contributed by atoms with van der Waals surface area (Å²) in [6, 6.07) is 8.23. The number of pyridine rings is 1. The summed E-state index contributed by atoms with van der Waals surface area (Å²) in [7, 11) is 0. The van der Waals surface area contributed by atoms with Crippen molar-refractivity contribution in [2.75, 3.05) is 5.73 Å². The van der Waals surface area contributed by atoms with Crippen LogP contribution in [0.5, 0.6) is 0 Å². The smallest absolute Gasteiger partial charge is 0.131 e. The zero-order valence-corrected chi connectivity index (χ0v) is 10.0. The van der Waals surface area contributed by atoms with Gasteiger partial charge in [0.25, 0.3) is 0 Å². The predicted molar refractivity (Wildman–Crippen MR) is 66.7 cm³/mol. The van der Waals surface area contributed by atoms with E-state index in [2.05, 4.69) is 20.9 Å². The highest BCUT2D eigenvalue weighted by Gasteiger charge is 2.05. The molecule has 2 aromatic rings. The molecule has 0 aliphatic carbocycles. The number of hydrogen-bond donors (Lipinski definition) is 1. The SMILES string of the molecule is Nc1ncc(CBr)cc1-c1cccc(F)c1. The number of anilines is 1. The Labute approximate surface area is 101 Å². The maximum absolute atomic E-state index is 13.1. The second-order valence-corrected chi connectivity index (χ2v) is 3.98. The van der Waals surface area contributed by atoms with Gasteiger partial charge in [0, 0.05) is 17.1 Å². The van der Waals surface area contributed by atoms with Crippen molar-refractivity contribution in [3.05, 3.63) is 47.9 Å². The molecule has 0 radical (unpaired) electrons. The fourth-order valence-corrected chi connectivity index (χ4v) is 1.79. The van der Waals surface area contributed by atoms with Gasteiger partial charge in [-0.05, 0) is 29.3 Å². The summed E-state index contributed by atoms with van der Waals surface area (Å²) in [4.78, 5) is 4.08. The molecule has 2 nitrogen and oxygen atoms in total. The van der Waals surface area contributed by atoms with Crippen molar-refractivity contribution in [1.29, 1.82) is 0 Å². The molecule has 16 heavy (non-hydrogen) atoms. The number of benzene rings is 1. The zero-order chi connectivity index (χ0) is 11.5. The first kappa shape index (κ1) is 11.1. The summed E-state index contributed by atoms with van der Waals surface area (Å²) in [5.41, 5.74) is 8.29. The molecule has 1 heterocycles. The first-order valence-electron chi connectivity index (χ1n) is 4.77. The number of rotatable bonds is 2. The third kappa shape index (κ3) is 2.22. The third-order valence-corrected chi connectivity index (χ3v) is 2.91. The van der Waals surface area contributed by atoms with Crippen molar-refractivity contribution < 1.29 is 4.39 Å². The Morgan fingerprint density at radius 3 is 2.81 bits per heavy atom. The molecule has 0 bridgehead atoms. The molecule has 2 rings (SSSR count). The zero-order valence-electron chi connectivity index (χ0n) is 8.45. The third-order valence-electron chi connectivity index (χ3n) is 2.27. The van der Waals surface area contributed by atoms with Crippen molar-refractivity contribution in [1.82, 2.24) is 4.98 Å². The highest BCUT2D eigenvalue weighted by molar-refractivity contribution is 9.08. The first-order valence-corrected chi connectivity index (χ1v) is 5.89. The Morgan fingerprint density at radius 1 is 1.31 bits per heavy atom. The minimum Gasteiger partial charge on any atom is -0.383 e. The van der Waals surface area contributed by atoms with Gasteiger partial charge in [0.15, 0.2) is 0 Å². The van der Waals surface area contributed by atoms with Crippen molar-refractivity contribution in [3.8, 4) is 11.1 Å². The van der Waals surface area contributed by atoms with Crippen molar-refractivity contribution in [3.63, 3.8) is 0 Å². The maximum Gasteiger partial charge on any atom is 0.131 e. The molecule has 0 amide bonds.